The van der Waals surface area contributed by atoms with E-state index in [2.05, 4.69) is 10.1 Å². The van der Waals surface area contributed by atoms with Gasteiger partial charge in [0.2, 0.25) is 5.82 Å². The molecule has 3 rings (SSSR count). The Morgan fingerprint density at radius 2 is 1.89 bits per heavy atom. The van der Waals surface area contributed by atoms with E-state index < -0.39 is 11.8 Å². The zero-order chi connectivity index (χ0) is 19.2. The first-order valence-corrected chi connectivity index (χ1v) is 8.42. The van der Waals surface area contributed by atoms with Crippen molar-refractivity contribution in [2.45, 2.75) is 19.4 Å². The molecule has 0 amide bonds. The number of nitrogens with zero attached hydrogens (tertiary/aromatic N) is 2. The minimum atomic E-state index is -0.576. The van der Waals surface area contributed by atoms with Crippen molar-refractivity contribution in [2.75, 3.05) is 0 Å². The smallest absolute Gasteiger partial charge is 0.306 e. The summed E-state index contributed by atoms with van der Waals surface area (Å²) in [5.74, 6) is -0.818. The van der Waals surface area contributed by atoms with E-state index in [0.717, 1.165) is 0 Å². The number of Topliss-reactive ketones (excluding diaryl/α,β-unsaturated/α-hetero) is 1. The normalized spacial score (nSPS) is 10.6. The standard InChI is InChI=1S/C19H14ClFN2O4/c20-14-3-1-2-13(10-14)19-22-17(27-23-19)11-26-18(25)9-8-16(24)12-4-6-15(21)7-5-12/h1-7,10H,8-9,11H2. The van der Waals surface area contributed by atoms with Crippen molar-refractivity contribution < 1.29 is 23.2 Å². The Balaban J connectivity index is 1.48. The summed E-state index contributed by atoms with van der Waals surface area (Å²) in [4.78, 5) is 27.9. The molecule has 0 bridgehead atoms. The predicted octanol–water partition coefficient (Wildman–Crippen LogP) is 4.24. The van der Waals surface area contributed by atoms with Crippen LogP contribution in [0.2, 0.25) is 5.02 Å². The van der Waals surface area contributed by atoms with Crippen LogP contribution in [0, 0.1) is 5.82 Å². The number of hydrogen-bond acceptors (Lipinski definition) is 6. The molecule has 0 saturated heterocycles. The topological polar surface area (TPSA) is 82.3 Å². The molecule has 138 valence electrons. The van der Waals surface area contributed by atoms with Crippen LogP contribution >= 0.6 is 11.6 Å². The second-order valence-corrected chi connectivity index (χ2v) is 6.05. The third-order valence-corrected chi connectivity index (χ3v) is 3.87. The lowest BCUT2D eigenvalue weighted by atomic mass is 10.1. The lowest BCUT2D eigenvalue weighted by Crippen LogP contribution is -2.08. The van der Waals surface area contributed by atoms with Gasteiger partial charge in [0, 0.05) is 22.6 Å². The maximum Gasteiger partial charge on any atom is 0.306 e. The summed E-state index contributed by atoms with van der Waals surface area (Å²) < 4.78 is 22.9. The molecule has 0 saturated carbocycles. The van der Waals surface area contributed by atoms with Crippen molar-refractivity contribution in [2.24, 2.45) is 0 Å². The molecule has 2 aromatic carbocycles. The third-order valence-electron chi connectivity index (χ3n) is 3.63. The Morgan fingerprint density at radius 3 is 2.63 bits per heavy atom. The second-order valence-electron chi connectivity index (χ2n) is 5.61. The first-order chi connectivity index (χ1) is 13.0. The van der Waals surface area contributed by atoms with E-state index in [1.54, 1.807) is 24.3 Å². The van der Waals surface area contributed by atoms with E-state index in [1.807, 2.05) is 0 Å². The van der Waals surface area contributed by atoms with E-state index >= 15 is 0 Å². The van der Waals surface area contributed by atoms with Crippen LogP contribution < -0.4 is 0 Å². The zero-order valence-corrected chi connectivity index (χ0v) is 14.8. The third kappa shape index (κ3) is 5.21. The summed E-state index contributed by atoms with van der Waals surface area (Å²) in [7, 11) is 0. The number of carbonyl (C=O) groups excluding carboxylic acids is 2. The molecular weight excluding hydrogens is 375 g/mol. The van der Waals surface area contributed by atoms with Crippen molar-refractivity contribution >= 4 is 23.4 Å². The number of aromatic nitrogens is 2. The van der Waals surface area contributed by atoms with Gasteiger partial charge in [0.05, 0.1) is 6.42 Å². The van der Waals surface area contributed by atoms with E-state index in [9.17, 15) is 14.0 Å². The van der Waals surface area contributed by atoms with Crippen LogP contribution in [0.4, 0.5) is 4.39 Å². The Kier molecular flexibility index (Phi) is 5.93. The lowest BCUT2D eigenvalue weighted by molar-refractivity contribution is -0.145. The van der Waals surface area contributed by atoms with E-state index in [0.29, 0.717) is 22.0 Å². The monoisotopic (exact) mass is 388 g/mol. The van der Waals surface area contributed by atoms with Gasteiger partial charge in [-0.25, -0.2) is 4.39 Å². The minimum Gasteiger partial charge on any atom is -0.456 e. The average molecular weight is 389 g/mol. The summed E-state index contributed by atoms with van der Waals surface area (Å²) >= 11 is 5.91. The molecule has 0 aliphatic carbocycles. The molecular formula is C19H14ClFN2O4. The van der Waals surface area contributed by atoms with Crippen molar-refractivity contribution in [3.8, 4) is 11.4 Å². The summed E-state index contributed by atoms with van der Waals surface area (Å²) in [6.07, 6.45) is -0.145. The molecule has 0 fully saturated rings. The van der Waals surface area contributed by atoms with Crippen LogP contribution in [-0.2, 0) is 16.1 Å². The van der Waals surface area contributed by atoms with Crippen molar-refractivity contribution in [3.05, 3.63) is 70.8 Å². The molecule has 0 atom stereocenters. The molecule has 27 heavy (non-hydrogen) atoms. The molecule has 0 aliphatic heterocycles. The van der Waals surface area contributed by atoms with Crippen molar-refractivity contribution in [1.82, 2.24) is 10.1 Å². The maximum absolute atomic E-state index is 12.8. The fourth-order valence-electron chi connectivity index (χ4n) is 2.27. The first kappa shape index (κ1) is 18.7. The predicted molar refractivity (Wildman–Crippen MR) is 94.5 cm³/mol. The van der Waals surface area contributed by atoms with Gasteiger partial charge in [0.1, 0.15) is 5.82 Å². The minimum absolute atomic E-state index is 0.0396. The fourth-order valence-corrected chi connectivity index (χ4v) is 2.46. The highest BCUT2D eigenvalue weighted by Gasteiger charge is 2.13. The second kappa shape index (κ2) is 8.55. The molecule has 6 nitrogen and oxygen atoms in total. The summed E-state index contributed by atoms with van der Waals surface area (Å²) in [6, 6.07) is 12.1. The average Bonchev–Trinajstić information content (AvgIpc) is 3.14. The van der Waals surface area contributed by atoms with Crippen LogP contribution in [0.25, 0.3) is 11.4 Å². The van der Waals surface area contributed by atoms with Crippen LogP contribution in [0.3, 0.4) is 0 Å². The number of rotatable bonds is 7. The van der Waals surface area contributed by atoms with Gasteiger partial charge in [0.25, 0.3) is 5.89 Å². The molecule has 0 spiro atoms. The SMILES string of the molecule is O=C(CCC(=O)c1ccc(F)cc1)OCc1nc(-c2cccc(Cl)c2)no1. The highest BCUT2D eigenvalue weighted by Crippen LogP contribution is 2.20. The lowest BCUT2D eigenvalue weighted by Gasteiger charge is -2.02. The van der Waals surface area contributed by atoms with Gasteiger partial charge in [-0.1, -0.05) is 28.9 Å². The zero-order valence-electron chi connectivity index (χ0n) is 14.0. The Hall–Kier alpha value is -3.06. The molecule has 0 unspecified atom stereocenters. The molecule has 0 radical (unpaired) electrons. The molecule has 1 aromatic heterocycles. The van der Waals surface area contributed by atoms with E-state index in [-0.39, 0.29) is 31.1 Å². The van der Waals surface area contributed by atoms with Gasteiger partial charge in [0.15, 0.2) is 12.4 Å². The quantitative estimate of drug-likeness (QED) is 0.445. The number of ketones is 1. The highest BCUT2D eigenvalue weighted by atomic mass is 35.5. The van der Waals surface area contributed by atoms with E-state index in [4.69, 9.17) is 20.9 Å². The highest BCUT2D eigenvalue weighted by molar-refractivity contribution is 6.30. The fraction of sp³-hybridized carbons (Fsp3) is 0.158. The Morgan fingerprint density at radius 1 is 1.11 bits per heavy atom. The largest absolute Gasteiger partial charge is 0.456 e. The van der Waals surface area contributed by atoms with Gasteiger partial charge < -0.3 is 9.26 Å². The van der Waals surface area contributed by atoms with Gasteiger partial charge in [-0.2, -0.15) is 4.98 Å². The molecule has 0 aliphatic rings. The van der Waals surface area contributed by atoms with E-state index in [1.165, 1.54) is 24.3 Å². The maximum atomic E-state index is 12.8. The number of halogens is 2. The summed E-state index contributed by atoms with van der Waals surface area (Å²) in [6.45, 7) is -0.197. The number of carbonyl (C=O) groups is 2. The van der Waals surface area contributed by atoms with Crippen LogP contribution in [-0.4, -0.2) is 21.9 Å². The number of ether oxygens (including phenoxy) is 1. The molecule has 8 heteroatoms. The summed E-state index contributed by atoms with van der Waals surface area (Å²) in [5, 5.41) is 4.34. The number of hydrogen-bond donors (Lipinski definition) is 0. The molecule has 3 aromatic rings. The van der Waals surface area contributed by atoms with Crippen molar-refractivity contribution in [1.29, 1.82) is 0 Å². The van der Waals surface area contributed by atoms with Crippen LogP contribution in [0.15, 0.2) is 53.1 Å². The number of esters is 1. The van der Waals surface area contributed by atoms with Gasteiger partial charge in [-0.05, 0) is 36.4 Å². The first-order valence-electron chi connectivity index (χ1n) is 8.04. The van der Waals surface area contributed by atoms with Crippen LogP contribution in [0.5, 0.6) is 0 Å². The van der Waals surface area contributed by atoms with Gasteiger partial charge >= 0.3 is 5.97 Å². The van der Waals surface area contributed by atoms with Gasteiger partial charge in [-0.3, -0.25) is 9.59 Å². The molecule has 0 N–H and O–H groups in total. The van der Waals surface area contributed by atoms with Crippen LogP contribution in [0.1, 0.15) is 29.1 Å². The Bertz CT molecular complexity index is 956. The summed E-state index contributed by atoms with van der Waals surface area (Å²) in [5.41, 5.74) is 1.01. The van der Waals surface area contributed by atoms with Crippen molar-refractivity contribution in [3.63, 3.8) is 0 Å². The van der Waals surface area contributed by atoms with Gasteiger partial charge in [-0.15, -0.1) is 0 Å². The Labute approximate surface area is 158 Å². The number of benzene rings is 2. The molecule has 1 heterocycles.